The maximum Gasteiger partial charge on any atom is 0.339 e. The van der Waals surface area contributed by atoms with Gasteiger partial charge in [-0.3, -0.25) is 10.7 Å². The van der Waals surface area contributed by atoms with Crippen LogP contribution in [0.15, 0.2) is 47.6 Å². The minimum absolute atomic E-state index is 0.226. The number of nitrogens with one attached hydrogen (secondary N) is 1. The molecule has 9 nitrogen and oxygen atoms in total. The topological polar surface area (TPSA) is 116 Å². The Morgan fingerprint density at radius 1 is 0.971 bits per heavy atom. The first-order valence-electron chi connectivity index (χ1n) is 11.3. The third-order valence-electron chi connectivity index (χ3n) is 5.83. The van der Waals surface area contributed by atoms with E-state index in [1.54, 1.807) is 30.3 Å². The first-order valence-corrected chi connectivity index (χ1v) is 11.3. The fourth-order valence-corrected chi connectivity index (χ4v) is 4.00. The molecule has 9 heteroatoms. The predicted molar refractivity (Wildman–Crippen MR) is 133 cm³/mol. The van der Waals surface area contributed by atoms with Gasteiger partial charge in [0.15, 0.2) is 11.5 Å². The van der Waals surface area contributed by atoms with Crippen LogP contribution in [0.5, 0.6) is 17.2 Å². The van der Waals surface area contributed by atoms with Crippen molar-refractivity contribution in [1.29, 1.82) is 0 Å². The summed E-state index contributed by atoms with van der Waals surface area (Å²) in [6, 6.07) is 11.5. The van der Waals surface area contributed by atoms with E-state index in [4.69, 9.17) is 18.9 Å². The first-order chi connectivity index (χ1) is 17.0. The molecule has 0 aliphatic heterocycles. The van der Waals surface area contributed by atoms with Crippen molar-refractivity contribution in [3.63, 3.8) is 0 Å². The fraction of sp³-hybridized carbons (Fsp3) is 0.346. The number of carbonyl (C=O) groups excluding carboxylic acids is 1. The molecule has 1 atom stereocenters. The molecule has 0 fully saturated rings. The van der Waals surface area contributed by atoms with E-state index in [9.17, 15) is 14.9 Å². The van der Waals surface area contributed by atoms with E-state index in [-0.39, 0.29) is 11.3 Å². The molecule has 3 rings (SSSR count). The highest BCUT2D eigenvalue weighted by molar-refractivity contribution is 6.01. The van der Waals surface area contributed by atoms with Crippen LogP contribution in [0.4, 0.5) is 11.4 Å². The van der Waals surface area contributed by atoms with Crippen LogP contribution in [0.1, 0.15) is 54.6 Å². The van der Waals surface area contributed by atoms with Gasteiger partial charge in [-0.15, -0.1) is 4.91 Å². The third kappa shape index (κ3) is 5.63. The lowest BCUT2D eigenvalue weighted by molar-refractivity contribution is 0.0270. The lowest BCUT2D eigenvalue weighted by atomic mass is 9.98. The number of methoxy groups -OCH3 is 3. The summed E-state index contributed by atoms with van der Waals surface area (Å²) in [6.07, 6.45) is 2.86. The van der Waals surface area contributed by atoms with E-state index >= 15 is 0 Å². The van der Waals surface area contributed by atoms with Crippen molar-refractivity contribution in [2.75, 3.05) is 26.8 Å². The molecule has 0 bridgehead atoms. The smallest absolute Gasteiger partial charge is 0.339 e. The number of rotatable bonds is 12. The number of esters is 1. The van der Waals surface area contributed by atoms with Crippen molar-refractivity contribution in [3.05, 3.63) is 58.5 Å². The Hall–Kier alpha value is -3.85. The molecule has 186 valence electrons. The highest BCUT2D eigenvalue weighted by Crippen LogP contribution is 2.39. The molecule has 0 spiro atoms. The average molecular weight is 483 g/mol. The van der Waals surface area contributed by atoms with Crippen LogP contribution in [0.25, 0.3) is 10.8 Å². The number of unbranched alkanes of at least 4 members (excludes halogenated alkanes) is 2. The number of nitrogens with zero attached hydrogens (tertiary/aromatic N) is 1. The lowest BCUT2D eigenvalue weighted by Crippen LogP contribution is -2.13. The SMILES string of the molecule is CCCCCC(OC(=O)c1cc(OC)c(OC)c(OC)c1)c1ccc2c(NO)ccc(N=O)c2c1. The summed E-state index contributed by atoms with van der Waals surface area (Å²) in [4.78, 5) is 24.6. The van der Waals surface area contributed by atoms with Gasteiger partial charge in [0, 0.05) is 10.8 Å². The van der Waals surface area contributed by atoms with E-state index in [0.717, 1.165) is 24.8 Å². The molecule has 0 saturated heterocycles. The third-order valence-corrected chi connectivity index (χ3v) is 5.83. The molecule has 0 saturated carbocycles. The molecule has 2 N–H and O–H groups in total. The predicted octanol–water partition coefficient (Wildman–Crippen LogP) is 6.54. The molecule has 0 aliphatic rings. The highest BCUT2D eigenvalue weighted by Gasteiger charge is 2.23. The van der Waals surface area contributed by atoms with Crippen molar-refractivity contribution in [2.45, 2.75) is 38.7 Å². The van der Waals surface area contributed by atoms with Gasteiger partial charge >= 0.3 is 5.97 Å². The summed E-state index contributed by atoms with van der Waals surface area (Å²) in [5, 5.41) is 13.7. The Balaban J connectivity index is 2.00. The zero-order valence-corrected chi connectivity index (χ0v) is 20.3. The molecule has 0 radical (unpaired) electrons. The molecule has 1 unspecified atom stereocenters. The maximum absolute atomic E-state index is 13.2. The van der Waals surface area contributed by atoms with Crippen molar-refractivity contribution < 1.29 is 28.9 Å². The second kappa shape index (κ2) is 12.0. The monoisotopic (exact) mass is 482 g/mol. The van der Waals surface area contributed by atoms with Crippen molar-refractivity contribution in [3.8, 4) is 17.2 Å². The number of hydrogen-bond donors (Lipinski definition) is 2. The van der Waals surface area contributed by atoms with Crippen LogP contribution in [0.3, 0.4) is 0 Å². The van der Waals surface area contributed by atoms with Crippen LogP contribution in [-0.2, 0) is 4.74 Å². The minimum Gasteiger partial charge on any atom is -0.493 e. The Morgan fingerprint density at radius 3 is 2.26 bits per heavy atom. The average Bonchev–Trinajstić information content (AvgIpc) is 2.90. The Morgan fingerprint density at radius 2 is 1.69 bits per heavy atom. The second-order valence-corrected chi connectivity index (χ2v) is 7.94. The van der Waals surface area contributed by atoms with E-state index in [2.05, 4.69) is 17.6 Å². The number of carbonyl (C=O) groups is 1. The zero-order chi connectivity index (χ0) is 25.4. The molecular weight excluding hydrogens is 452 g/mol. The van der Waals surface area contributed by atoms with E-state index in [0.29, 0.717) is 40.1 Å². The Kier molecular flexibility index (Phi) is 8.86. The van der Waals surface area contributed by atoms with Gasteiger partial charge in [-0.25, -0.2) is 4.79 Å². The normalized spacial score (nSPS) is 11.6. The first kappa shape index (κ1) is 25.8. The van der Waals surface area contributed by atoms with Crippen molar-refractivity contribution in [1.82, 2.24) is 0 Å². The number of benzene rings is 3. The molecule has 0 heterocycles. The molecule has 0 aromatic heterocycles. The standard InChI is InChI=1S/C26H30N2O7/c1-5-6-7-8-22(16-9-10-18-19(13-16)21(28-31)12-11-20(18)27-30)35-26(29)17-14-23(32-2)25(34-4)24(15-17)33-3/h9-15,22,27,30H,5-8H2,1-4H3. The Bertz CT molecular complexity index is 1170. The van der Waals surface area contributed by atoms with Gasteiger partial charge in [0.25, 0.3) is 0 Å². The van der Waals surface area contributed by atoms with E-state index in [1.807, 2.05) is 6.07 Å². The summed E-state index contributed by atoms with van der Waals surface area (Å²) in [7, 11) is 4.44. The van der Waals surface area contributed by atoms with Gasteiger partial charge in [-0.05, 0) is 53.9 Å². The quantitative estimate of drug-likeness (QED) is 0.129. The van der Waals surface area contributed by atoms with Gasteiger partial charge in [0.05, 0.1) is 32.6 Å². The number of hydrogen-bond acceptors (Lipinski definition) is 9. The second-order valence-electron chi connectivity index (χ2n) is 7.94. The van der Waals surface area contributed by atoms with Crippen LogP contribution < -0.4 is 19.7 Å². The van der Waals surface area contributed by atoms with Gasteiger partial charge < -0.3 is 18.9 Å². The highest BCUT2D eigenvalue weighted by atomic mass is 16.5. The Labute approximate surface area is 203 Å². The lowest BCUT2D eigenvalue weighted by Gasteiger charge is -2.20. The molecule has 3 aromatic rings. The molecular formula is C26H30N2O7. The van der Waals surface area contributed by atoms with Crippen LogP contribution in [0, 0.1) is 4.91 Å². The number of nitroso groups, excluding NO2 is 1. The number of fused-ring (bicyclic) bond motifs is 1. The zero-order valence-electron chi connectivity index (χ0n) is 20.3. The summed E-state index contributed by atoms with van der Waals surface area (Å²) < 4.78 is 22.0. The molecule has 0 amide bonds. The molecule has 0 aliphatic carbocycles. The fourth-order valence-electron chi connectivity index (χ4n) is 4.00. The molecule has 35 heavy (non-hydrogen) atoms. The number of ether oxygens (including phenoxy) is 4. The summed E-state index contributed by atoms with van der Waals surface area (Å²) in [5.41, 5.74) is 3.77. The van der Waals surface area contributed by atoms with Gasteiger partial charge in [0.1, 0.15) is 11.8 Å². The van der Waals surface area contributed by atoms with E-state index in [1.165, 1.54) is 27.4 Å². The van der Waals surface area contributed by atoms with E-state index < -0.39 is 12.1 Å². The van der Waals surface area contributed by atoms with Crippen LogP contribution in [0.2, 0.25) is 0 Å². The largest absolute Gasteiger partial charge is 0.493 e. The van der Waals surface area contributed by atoms with Crippen LogP contribution in [-0.4, -0.2) is 32.5 Å². The molecule has 3 aromatic carbocycles. The number of anilines is 1. The summed E-state index contributed by atoms with van der Waals surface area (Å²) in [5.74, 6) is 0.517. The minimum atomic E-state index is -0.567. The summed E-state index contributed by atoms with van der Waals surface area (Å²) >= 11 is 0. The van der Waals surface area contributed by atoms with Crippen molar-refractivity contribution >= 4 is 28.1 Å². The van der Waals surface area contributed by atoms with Crippen molar-refractivity contribution in [2.24, 2.45) is 5.18 Å². The van der Waals surface area contributed by atoms with Gasteiger partial charge in [-0.1, -0.05) is 31.9 Å². The van der Waals surface area contributed by atoms with Crippen LogP contribution >= 0.6 is 0 Å². The van der Waals surface area contributed by atoms with Gasteiger partial charge in [-0.2, -0.15) is 0 Å². The maximum atomic E-state index is 13.2. The summed E-state index contributed by atoms with van der Waals surface area (Å²) in [6.45, 7) is 2.10. The van der Waals surface area contributed by atoms with Gasteiger partial charge in [0.2, 0.25) is 5.75 Å².